The summed E-state index contributed by atoms with van der Waals surface area (Å²) in [5, 5.41) is 12.3. The summed E-state index contributed by atoms with van der Waals surface area (Å²) in [6, 6.07) is 8.49. The van der Waals surface area contributed by atoms with Gasteiger partial charge in [-0.25, -0.2) is 0 Å². The second-order valence-electron chi connectivity index (χ2n) is 7.57. The van der Waals surface area contributed by atoms with Gasteiger partial charge in [0.25, 0.3) is 0 Å². The van der Waals surface area contributed by atoms with Gasteiger partial charge in [0, 0.05) is 7.05 Å². The van der Waals surface area contributed by atoms with Crippen molar-refractivity contribution in [2.75, 3.05) is 5.75 Å². The zero-order valence-electron chi connectivity index (χ0n) is 17.1. The lowest BCUT2D eigenvalue weighted by molar-refractivity contribution is -0.119. The number of hydrogen-bond acceptors (Lipinski definition) is 5. The second kappa shape index (κ2) is 8.45. The van der Waals surface area contributed by atoms with Crippen molar-refractivity contribution >= 4 is 17.7 Å². The first-order valence-electron chi connectivity index (χ1n) is 10.0. The first kappa shape index (κ1) is 19.8. The molecule has 0 saturated carbocycles. The third-order valence-electron chi connectivity index (χ3n) is 5.52. The van der Waals surface area contributed by atoms with Gasteiger partial charge in [-0.3, -0.25) is 4.79 Å². The average Bonchev–Trinajstić information content (AvgIpc) is 3.30. The van der Waals surface area contributed by atoms with Crippen molar-refractivity contribution in [3.8, 4) is 11.4 Å². The van der Waals surface area contributed by atoms with Gasteiger partial charge in [-0.05, 0) is 62.3 Å². The van der Waals surface area contributed by atoms with Gasteiger partial charge in [0.2, 0.25) is 5.91 Å². The Balaban J connectivity index is 1.36. The zero-order valence-corrected chi connectivity index (χ0v) is 17.9. The lowest BCUT2D eigenvalue weighted by atomic mass is 9.89. The normalized spacial score (nSPS) is 14.4. The molecule has 0 aliphatic heterocycles. The highest BCUT2D eigenvalue weighted by molar-refractivity contribution is 7.99. The molecule has 29 heavy (non-hydrogen) atoms. The minimum atomic E-state index is -0.0148. The molecular weight excluding hydrogens is 384 g/mol. The van der Waals surface area contributed by atoms with Crippen LogP contribution in [0.15, 0.2) is 40.1 Å². The molecule has 2 aromatic heterocycles. The smallest absolute Gasteiger partial charge is 0.230 e. The molecule has 6 nitrogen and oxygen atoms in total. The Labute approximate surface area is 175 Å². The average molecular weight is 411 g/mol. The Bertz CT molecular complexity index is 1020. The quantitative estimate of drug-likeness (QED) is 0.616. The molecule has 2 heterocycles. The molecule has 3 aromatic rings. The molecule has 0 radical (unpaired) electrons. The topological polar surface area (TPSA) is 72.9 Å². The molecule has 4 rings (SSSR count). The van der Waals surface area contributed by atoms with Crippen LogP contribution in [0.5, 0.6) is 0 Å². The molecule has 1 atom stereocenters. The number of rotatable bonds is 6. The van der Waals surface area contributed by atoms with E-state index < -0.39 is 0 Å². The van der Waals surface area contributed by atoms with Crippen LogP contribution in [0.4, 0.5) is 0 Å². The highest BCUT2D eigenvalue weighted by atomic mass is 32.2. The molecule has 1 aromatic carbocycles. The summed E-state index contributed by atoms with van der Waals surface area (Å²) in [7, 11) is 1.90. The molecule has 7 heteroatoms. The molecule has 152 valence electrons. The Hall–Kier alpha value is -2.54. The molecule has 1 N–H and O–H groups in total. The van der Waals surface area contributed by atoms with Gasteiger partial charge in [-0.2, -0.15) is 0 Å². The van der Waals surface area contributed by atoms with Crippen molar-refractivity contribution in [1.82, 2.24) is 20.1 Å². The van der Waals surface area contributed by atoms with E-state index in [1.165, 1.54) is 47.7 Å². The predicted molar refractivity (Wildman–Crippen MR) is 114 cm³/mol. The Kier molecular flexibility index (Phi) is 5.76. The maximum Gasteiger partial charge on any atom is 0.230 e. The molecule has 0 saturated heterocycles. The molecular formula is C22H26N4O2S. The standard InChI is InChI=1S/C22H26N4O2S/c1-14(17-9-8-16-6-4-5-7-18(16)12-17)23-20(27)13-29-22-25-24-21(26(22)3)19-10-11-28-15(19)2/h8-12,14H,4-7,13H2,1-3H3,(H,23,27)/t14-/m0/s1. The van der Waals surface area contributed by atoms with E-state index in [0.717, 1.165) is 23.6 Å². The van der Waals surface area contributed by atoms with Crippen LogP contribution in [0, 0.1) is 6.92 Å². The van der Waals surface area contributed by atoms with Gasteiger partial charge < -0.3 is 14.3 Å². The van der Waals surface area contributed by atoms with Crippen molar-refractivity contribution in [2.24, 2.45) is 7.05 Å². The number of thioether (sulfide) groups is 1. The third-order valence-corrected chi connectivity index (χ3v) is 6.54. The van der Waals surface area contributed by atoms with Gasteiger partial charge in [-0.1, -0.05) is 30.0 Å². The third kappa shape index (κ3) is 4.24. The number of furan rings is 1. The maximum absolute atomic E-state index is 12.5. The van der Waals surface area contributed by atoms with Crippen LogP contribution >= 0.6 is 11.8 Å². The lowest BCUT2D eigenvalue weighted by Crippen LogP contribution is -2.28. The molecule has 0 spiro atoms. The van der Waals surface area contributed by atoms with Crippen molar-refractivity contribution in [1.29, 1.82) is 0 Å². The summed E-state index contributed by atoms with van der Waals surface area (Å²) in [6.07, 6.45) is 6.49. The number of nitrogens with zero attached hydrogens (tertiary/aromatic N) is 3. The van der Waals surface area contributed by atoms with Gasteiger partial charge in [0.05, 0.1) is 23.6 Å². The van der Waals surface area contributed by atoms with Gasteiger partial charge >= 0.3 is 0 Å². The fourth-order valence-corrected chi connectivity index (χ4v) is 4.53. The minimum absolute atomic E-state index is 0.00994. The van der Waals surface area contributed by atoms with Crippen LogP contribution in [-0.2, 0) is 24.7 Å². The number of nitrogens with one attached hydrogen (secondary N) is 1. The molecule has 0 bridgehead atoms. The van der Waals surface area contributed by atoms with Gasteiger partial charge in [0.15, 0.2) is 11.0 Å². The number of aryl methyl sites for hydroxylation is 3. The van der Waals surface area contributed by atoms with Crippen LogP contribution in [0.2, 0.25) is 0 Å². The van der Waals surface area contributed by atoms with E-state index in [1.54, 1.807) is 6.26 Å². The summed E-state index contributed by atoms with van der Waals surface area (Å²) in [5.41, 5.74) is 4.98. The molecule has 0 fully saturated rings. The van der Waals surface area contributed by atoms with Crippen LogP contribution in [0.3, 0.4) is 0 Å². The highest BCUT2D eigenvalue weighted by Gasteiger charge is 2.17. The van der Waals surface area contributed by atoms with E-state index in [4.69, 9.17) is 4.42 Å². The van der Waals surface area contributed by atoms with E-state index in [9.17, 15) is 4.79 Å². The number of carbonyl (C=O) groups excluding carboxylic acids is 1. The first-order chi connectivity index (χ1) is 14.0. The summed E-state index contributed by atoms with van der Waals surface area (Å²) < 4.78 is 7.24. The monoisotopic (exact) mass is 410 g/mol. The Morgan fingerprint density at radius 1 is 1.24 bits per heavy atom. The van der Waals surface area contributed by atoms with Crippen LogP contribution < -0.4 is 5.32 Å². The number of fused-ring (bicyclic) bond motifs is 1. The number of aromatic nitrogens is 3. The van der Waals surface area contributed by atoms with Crippen molar-refractivity contribution in [2.45, 2.75) is 50.7 Å². The van der Waals surface area contributed by atoms with Gasteiger partial charge in [-0.15, -0.1) is 10.2 Å². The predicted octanol–water partition coefficient (Wildman–Crippen LogP) is 4.23. The minimum Gasteiger partial charge on any atom is -0.469 e. The molecule has 1 amide bonds. The fourth-order valence-electron chi connectivity index (χ4n) is 3.81. The largest absolute Gasteiger partial charge is 0.469 e. The summed E-state index contributed by atoms with van der Waals surface area (Å²) in [5.74, 6) is 1.82. The molecule has 0 unspecified atom stereocenters. The van der Waals surface area contributed by atoms with E-state index in [2.05, 4.69) is 33.7 Å². The van der Waals surface area contributed by atoms with Gasteiger partial charge in [0.1, 0.15) is 5.76 Å². The van der Waals surface area contributed by atoms with E-state index in [1.807, 2.05) is 31.5 Å². The number of carbonyl (C=O) groups is 1. The summed E-state index contributed by atoms with van der Waals surface area (Å²) in [4.78, 5) is 12.5. The Morgan fingerprint density at radius 3 is 2.79 bits per heavy atom. The highest BCUT2D eigenvalue weighted by Crippen LogP contribution is 2.27. The number of benzene rings is 1. The number of amides is 1. The second-order valence-corrected chi connectivity index (χ2v) is 8.51. The maximum atomic E-state index is 12.5. The van der Waals surface area contributed by atoms with Crippen molar-refractivity contribution < 1.29 is 9.21 Å². The van der Waals surface area contributed by atoms with Crippen molar-refractivity contribution in [3.05, 3.63) is 53.0 Å². The van der Waals surface area contributed by atoms with Crippen molar-refractivity contribution in [3.63, 3.8) is 0 Å². The van der Waals surface area contributed by atoms with E-state index in [0.29, 0.717) is 10.9 Å². The summed E-state index contributed by atoms with van der Waals surface area (Å²) >= 11 is 1.39. The zero-order chi connectivity index (χ0) is 20.4. The molecule has 1 aliphatic carbocycles. The molecule has 1 aliphatic rings. The van der Waals surface area contributed by atoms with Crippen LogP contribution in [0.25, 0.3) is 11.4 Å². The fraction of sp³-hybridized carbons (Fsp3) is 0.409. The summed E-state index contributed by atoms with van der Waals surface area (Å²) in [6.45, 7) is 3.93. The van der Waals surface area contributed by atoms with Crippen LogP contribution in [-0.4, -0.2) is 26.4 Å². The van der Waals surface area contributed by atoms with E-state index in [-0.39, 0.29) is 11.9 Å². The van der Waals surface area contributed by atoms with Crippen LogP contribution in [0.1, 0.15) is 48.3 Å². The Morgan fingerprint density at radius 2 is 2.03 bits per heavy atom. The van der Waals surface area contributed by atoms with E-state index >= 15 is 0 Å². The first-order valence-corrected chi connectivity index (χ1v) is 11.0. The number of hydrogen-bond donors (Lipinski definition) is 1. The SMILES string of the molecule is Cc1occc1-c1nnc(SCC(=O)N[C@@H](C)c2ccc3c(c2)CCCC3)n1C. The lowest BCUT2D eigenvalue weighted by Gasteiger charge is -2.20.